The molecule has 120 valence electrons. The Bertz CT molecular complexity index is 817. The Labute approximate surface area is 134 Å². The molecule has 0 unspecified atom stereocenters. The highest BCUT2D eigenvalue weighted by Gasteiger charge is 2.17. The Hall–Kier alpha value is -2.27. The summed E-state index contributed by atoms with van der Waals surface area (Å²) < 4.78 is 39.8. The number of benzene rings is 2. The summed E-state index contributed by atoms with van der Waals surface area (Å²) in [6.07, 6.45) is -0.600. The van der Waals surface area contributed by atoms with Crippen LogP contribution in [0, 0.1) is 17.1 Å². The molecule has 0 heterocycles. The number of nitrogens with zero attached hydrogens (tertiary/aromatic N) is 1. The second-order valence-electron chi connectivity index (χ2n) is 4.87. The van der Waals surface area contributed by atoms with Gasteiger partial charge < -0.3 is 5.11 Å². The lowest BCUT2D eigenvalue weighted by Crippen LogP contribution is -2.26. The Kier molecular flexibility index (Phi) is 5.45. The van der Waals surface area contributed by atoms with Crippen molar-refractivity contribution in [1.82, 2.24) is 4.72 Å². The molecule has 0 saturated heterocycles. The third kappa shape index (κ3) is 4.36. The Morgan fingerprint density at radius 2 is 1.91 bits per heavy atom. The molecule has 0 aliphatic heterocycles. The van der Waals surface area contributed by atoms with Crippen LogP contribution in [0.3, 0.4) is 0 Å². The van der Waals surface area contributed by atoms with Crippen molar-refractivity contribution in [2.75, 3.05) is 6.54 Å². The van der Waals surface area contributed by atoms with Gasteiger partial charge in [-0.3, -0.25) is 0 Å². The lowest BCUT2D eigenvalue weighted by Gasteiger charge is -2.12. The first-order valence-electron chi connectivity index (χ1n) is 6.86. The molecule has 23 heavy (non-hydrogen) atoms. The maximum absolute atomic E-state index is 13.2. The molecule has 0 saturated carbocycles. The molecule has 0 aromatic heterocycles. The van der Waals surface area contributed by atoms with Gasteiger partial charge in [0.15, 0.2) is 0 Å². The number of hydrogen-bond acceptors (Lipinski definition) is 4. The maximum atomic E-state index is 13.2. The van der Waals surface area contributed by atoms with E-state index in [1.54, 1.807) is 30.3 Å². The number of hydrogen-bond donors (Lipinski definition) is 2. The molecule has 0 aliphatic rings. The summed E-state index contributed by atoms with van der Waals surface area (Å²) in [6.45, 7) is 0.0116. The van der Waals surface area contributed by atoms with E-state index in [1.807, 2.05) is 6.07 Å². The molecule has 7 heteroatoms. The minimum atomic E-state index is -3.87. The van der Waals surface area contributed by atoms with Crippen molar-refractivity contribution in [3.05, 3.63) is 65.5 Å². The molecule has 0 spiro atoms. The molecule has 0 amide bonds. The van der Waals surface area contributed by atoms with Gasteiger partial charge >= 0.3 is 0 Å². The number of nitrogens with one attached hydrogen (secondary N) is 1. The topological polar surface area (TPSA) is 90.2 Å². The number of aliphatic hydroxyl groups is 1. The van der Waals surface area contributed by atoms with Crippen LogP contribution in [0.15, 0.2) is 53.4 Å². The monoisotopic (exact) mass is 334 g/mol. The van der Waals surface area contributed by atoms with Crippen LogP contribution in [0.25, 0.3) is 0 Å². The first-order chi connectivity index (χ1) is 10.9. The zero-order valence-corrected chi connectivity index (χ0v) is 12.9. The van der Waals surface area contributed by atoms with E-state index in [-0.39, 0.29) is 23.4 Å². The summed E-state index contributed by atoms with van der Waals surface area (Å²) >= 11 is 0. The first kappa shape index (κ1) is 17.1. The van der Waals surface area contributed by atoms with E-state index in [0.717, 1.165) is 18.2 Å². The second-order valence-corrected chi connectivity index (χ2v) is 6.63. The largest absolute Gasteiger partial charge is 0.388 e. The molecule has 0 fully saturated rings. The van der Waals surface area contributed by atoms with Crippen LogP contribution in [0.1, 0.15) is 23.7 Å². The van der Waals surface area contributed by atoms with Crippen molar-refractivity contribution >= 4 is 10.0 Å². The van der Waals surface area contributed by atoms with Crippen molar-refractivity contribution in [2.24, 2.45) is 0 Å². The fraction of sp³-hybridized carbons (Fsp3) is 0.188. The molecule has 2 aromatic rings. The third-order valence-corrected chi connectivity index (χ3v) is 4.72. The number of aliphatic hydroxyl groups excluding tert-OH is 1. The maximum Gasteiger partial charge on any atom is 0.240 e. The van der Waals surface area contributed by atoms with Gasteiger partial charge in [-0.05, 0) is 30.2 Å². The van der Waals surface area contributed by atoms with Gasteiger partial charge in [0, 0.05) is 6.54 Å². The summed E-state index contributed by atoms with van der Waals surface area (Å²) in [7, 11) is -3.87. The summed E-state index contributed by atoms with van der Waals surface area (Å²) in [5.41, 5.74) is 0.359. The van der Waals surface area contributed by atoms with Crippen LogP contribution in [0.2, 0.25) is 0 Å². The van der Waals surface area contributed by atoms with Crippen molar-refractivity contribution < 1.29 is 17.9 Å². The minimum absolute atomic E-state index is 0.0116. The van der Waals surface area contributed by atoms with E-state index in [9.17, 15) is 17.9 Å². The summed E-state index contributed by atoms with van der Waals surface area (Å²) in [4.78, 5) is -0.190. The van der Waals surface area contributed by atoms with Gasteiger partial charge in [0.2, 0.25) is 10.0 Å². The van der Waals surface area contributed by atoms with Gasteiger partial charge in [-0.25, -0.2) is 17.5 Å². The van der Waals surface area contributed by atoms with Crippen LogP contribution >= 0.6 is 0 Å². The van der Waals surface area contributed by atoms with Crippen molar-refractivity contribution in [3.63, 3.8) is 0 Å². The number of halogens is 1. The Balaban J connectivity index is 2.01. The average Bonchev–Trinajstić information content (AvgIpc) is 2.55. The zero-order chi connectivity index (χ0) is 16.9. The molecule has 2 aromatic carbocycles. The van der Waals surface area contributed by atoms with E-state index in [4.69, 9.17) is 5.26 Å². The van der Waals surface area contributed by atoms with E-state index < -0.39 is 21.9 Å². The summed E-state index contributed by atoms with van der Waals surface area (Å²) in [6, 6.07) is 13.5. The molecule has 0 radical (unpaired) electrons. The van der Waals surface area contributed by atoms with Crippen molar-refractivity contribution in [2.45, 2.75) is 17.4 Å². The summed E-state index contributed by atoms with van der Waals surface area (Å²) in [5, 5.41) is 18.7. The van der Waals surface area contributed by atoms with E-state index in [0.29, 0.717) is 5.56 Å². The van der Waals surface area contributed by atoms with Gasteiger partial charge in [-0.1, -0.05) is 30.3 Å². The summed E-state index contributed by atoms with van der Waals surface area (Å²) in [5.74, 6) is -0.772. The predicted octanol–water partition coefficient (Wildman–Crippen LogP) is 2.10. The Morgan fingerprint density at radius 1 is 1.22 bits per heavy atom. The number of sulfonamides is 1. The smallest absolute Gasteiger partial charge is 0.240 e. The third-order valence-electron chi connectivity index (χ3n) is 3.26. The average molecular weight is 334 g/mol. The molecule has 0 aliphatic carbocycles. The number of rotatable bonds is 6. The van der Waals surface area contributed by atoms with Crippen LogP contribution in [-0.2, 0) is 10.0 Å². The second kappa shape index (κ2) is 7.33. The minimum Gasteiger partial charge on any atom is -0.388 e. The molecule has 2 rings (SSSR count). The van der Waals surface area contributed by atoms with Gasteiger partial charge in [0.05, 0.1) is 16.6 Å². The quantitative estimate of drug-likeness (QED) is 0.846. The van der Waals surface area contributed by atoms with E-state index >= 15 is 0 Å². The molecule has 2 N–H and O–H groups in total. The molecular formula is C16H15FN2O3S. The van der Waals surface area contributed by atoms with Crippen LogP contribution in [0.4, 0.5) is 4.39 Å². The highest BCUT2D eigenvalue weighted by atomic mass is 32.2. The fourth-order valence-corrected chi connectivity index (χ4v) is 3.09. The van der Waals surface area contributed by atoms with Crippen LogP contribution in [0.5, 0.6) is 0 Å². The van der Waals surface area contributed by atoms with Gasteiger partial charge in [0.25, 0.3) is 0 Å². The van der Waals surface area contributed by atoms with E-state index in [2.05, 4.69) is 4.72 Å². The van der Waals surface area contributed by atoms with Crippen LogP contribution < -0.4 is 4.72 Å². The highest BCUT2D eigenvalue weighted by molar-refractivity contribution is 7.89. The Morgan fingerprint density at radius 3 is 2.57 bits per heavy atom. The SMILES string of the molecule is N#Cc1cc(S(=O)(=O)NCC[C@@H](O)c2ccccc2)ccc1F. The standard InChI is InChI=1S/C16H15FN2O3S/c17-15-7-6-14(10-13(15)11-18)23(21,22)19-9-8-16(20)12-4-2-1-3-5-12/h1-7,10,16,19-20H,8-9H2/t16-/m1/s1. The zero-order valence-electron chi connectivity index (χ0n) is 12.1. The molecular weight excluding hydrogens is 319 g/mol. The van der Waals surface area contributed by atoms with Gasteiger partial charge in [0.1, 0.15) is 11.9 Å². The lowest BCUT2D eigenvalue weighted by atomic mass is 10.1. The molecule has 1 atom stereocenters. The van der Waals surface area contributed by atoms with Gasteiger partial charge in [-0.2, -0.15) is 5.26 Å². The van der Waals surface area contributed by atoms with Crippen molar-refractivity contribution in [3.8, 4) is 6.07 Å². The molecule has 5 nitrogen and oxygen atoms in total. The predicted molar refractivity (Wildman–Crippen MR) is 82.3 cm³/mol. The van der Waals surface area contributed by atoms with E-state index in [1.165, 1.54) is 0 Å². The van der Waals surface area contributed by atoms with Gasteiger partial charge in [-0.15, -0.1) is 0 Å². The lowest BCUT2D eigenvalue weighted by molar-refractivity contribution is 0.169. The highest BCUT2D eigenvalue weighted by Crippen LogP contribution is 2.17. The number of nitriles is 1. The van der Waals surface area contributed by atoms with Crippen molar-refractivity contribution in [1.29, 1.82) is 5.26 Å². The van der Waals surface area contributed by atoms with Crippen LogP contribution in [-0.4, -0.2) is 20.1 Å². The molecule has 0 bridgehead atoms. The fourth-order valence-electron chi connectivity index (χ4n) is 2.01. The first-order valence-corrected chi connectivity index (χ1v) is 8.34. The normalized spacial score (nSPS) is 12.6.